The van der Waals surface area contributed by atoms with E-state index in [4.69, 9.17) is 0 Å². The quantitative estimate of drug-likeness (QED) is 0.817. The summed E-state index contributed by atoms with van der Waals surface area (Å²) >= 11 is 1.82. The molecule has 0 aliphatic heterocycles. The van der Waals surface area contributed by atoms with E-state index in [1.54, 1.807) is 0 Å². The minimum absolute atomic E-state index is 0.904. The molecule has 1 N–H and O–H groups in total. The number of aromatic nitrogens is 1. The predicted octanol–water partition coefficient (Wildman–Crippen LogP) is 4.11. The van der Waals surface area contributed by atoms with Crippen LogP contribution < -0.4 is 5.32 Å². The molecule has 94 valence electrons. The average Bonchev–Trinajstić information content (AvgIpc) is 2.39. The summed E-state index contributed by atoms with van der Waals surface area (Å²) in [6.45, 7) is 5.09. The topological polar surface area (TPSA) is 24.9 Å². The maximum absolute atomic E-state index is 4.56. The fraction of sp³-hybridized carbons (Fsp3) is 0.267. The number of rotatable bonds is 5. The van der Waals surface area contributed by atoms with Crippen LogP contribution in [0.15, 0.2) is 47.4 Å². The zero-order chi connectivity index (χ0) is 12.8. The van der Waals surface area contributed by atoms with Crippen molar-refractivity contribution in [1.82, 2.24) is 4.98 Å². The van der Waals surface area contributed by atoms with Crippen LogP contribution in [0.3, 0.4) is 0 Å². The van der Waals surface area contributed by atoms with Gasteiger partial charge in [0.15, 0.2) is 0 Å². The first-order chi connectivity index (χ1) is 8.78. The van der Waals surface area contributed by atoms with Crippen LogP contribution in [-0.4, -0.2) is 11.5 Å². The largest absolute Gasteiger partial charge is 0.370 e. The van der Waals surface area contributed by atoms with Crippen molar-refractivity contribution in [2.75, 3.05) is 11.9 Å². The second-order valence-electron chi connectivity index (χ2n) is 4.15. The smallest absolute Gasteiger partial charge is 0.126 e. The van der Waals surface area contributed by atoms with Crippen LogP contribution in [0.5, 0.6) is 0 Å². The second kappa shape index (κ2) is 6.45. The number of hydrogen-bond donors (Lipinski definition) is 1. The van der Waals surface area contributed by atoms with Gasteiger partial charge in [-0.1, -0.05) is 23.8 Å². The van der Waals surface area contributed by atoms with E-state index in [9.17, 15) is 0 Å². The third-order valence-electron chi connectivity index (χ3n) is 2.57. The van der Waals surface area contributed by atoms with Gasteiger partial charge in [-0.15, -0.1) is 11.8 Å². The molecular weight excluding hydrogens is 240 g/mol. The Balaban J connectivity index is 1.97. The molecule has 0 aliphatic rings. The third-order valence-corrected chi connectivity index (χ3v) is 3.62. The fourth-order valence-corrected chi connectivity index (χ4v) is 2.44. The van der Waals surface area contributed by atoms with Crippen LogP contribution in [0.2, 0.25) is 0 Å². The van der Waals surface area contributed by atoms with Crippen molar-refractivity contribution in [3.05, 3.63) is 53.7 Å². The van der Waals surface area contributed by atoms with Gasteiger partial charge in [-0.2, -0.15) is 0 Å². The van der Waals surface area contributed by atoms with Gasteiger partial charge in [0.05, 0.1) is 5.69 Å². The van der Waals surface area contributed by atoms with E-state index in [0.29, 0.717) is 0 Å². The number of benzene rings is 1. The van der Waals surface area contributed by atoms with Crippen LogP contribution in [0, 0.1) is 6.92 Å². The summed E-state index contributed by atoms with van der Waals surface area (Å²) in [5.41, 5.74) is 2.41. The van der Waals surface area contributed by atoms with Gasteiger partial charge in [-0.3, -0.25) is 0 Å². The lowest BCUT2D eigenvalue weighted by Crippen LogP contribution is -2.00. The summed E-state index contributed by atoms with van der Waals surface area (Å²) in [5.74, 6) is 1.86. The Hall–Kier alpha value is -1.48. The highest BCUT2D eigenvalue weighted by Crippen LogP contribution is 2.22. The zero-order valence-corrected chi connectivity index (χ0v) is 11.6. The summed E-state index contributed by atoms with van der Waals surface area (Å²) < 4.78 is 0. The normalized spacial score (nSPS) is 10.3. The molecule has 1 heterocycles. The van der Waals surface area contributed by atoms with E-state index >= 15 is 0 Å². The van der Waals surface area contributed by atoms with Gasteiger partial charge in [0.2, 0.25) is 0 Å². The summed E-state index contributed by atoms with van der Waals surface area (Å²) in [6.07, 6.45) is 0. The van der Waals surface area contributed by atoms with Gasteiger partial charge in [-0.25, -0.2) is 4.98 Å². The highest BCUT2D eigenvalue weighted by Gasteiger charge is 1.99. The average molecular weight is 258 g/mol. The van der Waals surface area contributed by atoms with Gasteiger partial charge < -0.3 is 5.32 Å². The molecule has 2 rings (SSSR count). The number of nitrogens with zero attached hydrogens (tertiary/aromatic N) is 1. The van der Waals surface area contributed by atoms with E-state index in [0.717, 1.165) is 23.8 Å². The predicted molar refractivity (Wildman–Crippen MR) is 79.1 cm³/mol. The maximum atomic E-state index is 4.56. The van der Waals surface area contributed by atoms with Gasteiger partial charge in [0.1, 0.15) is 5.82 Å². The summed E-state index contributed by atoms with van der Waals surface area (Å²) in [4.78, 5) is 5.85. The number of aryl methyl sites for hydroxylation is 1. The molecule has 1 aromatic heterocycles. The molecule has 0 atom stereocenters. The molecular formula is C15H18N2S. The highest BCUT2D eigenvalue weighted by molar-refractivity contribution is 7.98. The Morgan fingerprint density at radius 1 is 1.11 bits per heavy atom. The van der Waals surface area contributed by atoms with Crippen LogP contribution >= 0.6 is 11.8 Å². The van der Waals surface area contributed by atoms with Crippen molar-refractivity contribution in [1.29, 1.82) is 0 Å². The first-order valence-electron chi connectivity index (χ1n) is 6.17. The van der Waals surface area contributed by atoms with E-state index in [1.807, 2.05) is 17.8 Å². The Morgan fingerprint density at radius 2 is 1.89 bits per heavy atom. The van der Waals surface area contributed by atoms with Crippen molar-refractivity contribution < 1.29 is 0 Å². The van der Waals surface area contributed by atoms with Gasteiger partial charge in [-0.05, 0) is 38.1 Å². The number of pyridine rings is 1. The van der Waals surface area contributed by atoms with Crippen molar-refractivity contribution in [3.63, 3.8) is 0 Å². The minimum Gasteiger partial charge on any atom is -0.370 e. The first kappa shape index (κ1) is 13.0. The van der Waals surface area contributed by atoms with Crippen LogP contribution in [-0.2, 0) is 5.75 Å². The van der Waals surface area contributed by atoms with Gasteiger partial charge >= 0.3 is 0 Å². The fourth-order valence-electron chi connectivity index (χ4n) is 1.63. The molecule has 0 spiro atoms. The molecule has 18 heavy (non-hydrogen) atoms. The molecule has 0 radical (unpaired) electrons. The number of hydrogen-bond acceptors (Lipinski definition) is 3. The van der Waals surface area contributed by atoms with Crippen LogP contribution in [0.4, 0.5) is 5.82 Å². The molecule has 0 fully saturated rings. The van der Waals surface area contributed by atoms with Crippen molar-refractivity contribution in [3.8, 4) is 0 Å². The van der Waals surface area contributed by atoms with Gasteiger partial charge in [0, 0.05) is 17.2 Å². The zero-order valence-electron chi connectivity index (χ0n) is 10.8. The van der Waals surface area contributed by atoms with Crippen LogP contribution in [0.25, 0.3) is 0 Å². The molecule has 2 aromatic rings. The summed E-state index contributed by atoms with van der Waals surface area (Å²) in [7, 11) is 0. The Labute approximate surface area is 113 Å². The lowest BCUT2D eigenvalue weighted by molar-refractivity contribution is 1.11. The lowest BCUT2D eigenvalue weighted by atomic mass is 10.2. The molecule has 0 bridgehead atoms. The van der Waals surface area contributed by atoms with Crippen molar-refractivity contribution in [2.45, 2.75) is 24.5 Å². The van der Waals surface area contributed by atoms with E-state index in [2.05, 4.69) is 60.5 Å². The summed E-state index contributed by atoms with van der Waals surface area (Å²) in [5, 5.41) is 3.23. The Kier molecular flexibility index (Phi) is 4.65. The van der Waals surface area contributed by atoms with Crippen molar-refractivity contribution in [2.24, 2.45) is 0 Å². The van der Waals surface area contributed by atoms with Crippen molar-refractivity contribution >= 4 is 17.6 Å². The Bertz CT molecular complexity index is 494. The molecule has 1 aromatic carbocycles. The molecule has 2 nitrogen and oxygen atoms in total. The maximum Gasteiger partial charge on any atom is 0.126 e. The molecule has 0 saturated heterocycles. The first-order valence-corrected chi connectivity index (χ1v) is 7.16. The SMILES string of the molecule is CCNc1cccc(CSc2ccc(C)cc2)n1. The Morgan fingerprint density at radius 3 is 2.61 bits per heavy atom. The van der Waals surface area contributed by atoms with Crippen LogP contribution in [0.1, 0.15) is 18.2 Å². The van der Waals surface area contributed by atoms with E-state index in [1.165, 1.54) is 10.5 Å². The molecule has 0 unspecified atom stereocenters. The van der Waals surface area contributed by atoms with E-state index in [-0.39, 0.29) is 0 Å². The number of anilines is 1. The molecule has 0 saturated carbocycles. The highest BCUT2D eigenvalue weighted by atomic mass is 32.2. The summed E-state index contributed by atoms with van der Waals surface area (Å²) in [6, 6.07) is 14.7. The number of nitrogens with one attached hydrogen (secondary N) is 1. The second-order valence-corrected chi connectivity index (χ2v) is 5.19. The molecule has 3 heteroatoms. The third kappa shape index (κ3) is 3.77. The van der Waals surface area contributed by atoms with Gasteiger partial charge in [0.25, 0.3) is 0 Å². The van der Waals surface area contributed by atoms with E-state index < -0.39 is 0 Å². The standard InChI is InChI=1S/C15H18N2S/c1-3-16-15-6-4-5-13(17-15)11-18-14-9-7-12(2)8-10-14/h4-10H,3,11H2,1-2H3,(H,16,17). The minimum atomic E-state index is 0.904. The molecule has 0 aliphatic carbocycles. The number of thioether (sulfide) groups is 1. The monoisotopic (exact) mass is 258 g/mol. The lowest BCUT2D eigenvalue weighted by Gasteiger charge is -2.05. The molecule has 0 amide bonds.